The summed E-state index contributed by atoms with van der Waals surface area (Å²) in [6.45, 7) is 2.84. The Morgan fingerprint density at radius 3 is 3.00 bits per heavy atom. The Kier molecular flexibility index (Phi) is 6.59. The highest BCUT2D eigenvalue weighted by Crippen LogP contribution is 2.21. The number of ether oxygens (including phenoxy) is 1. The van der Waals surface area contributed by atoms with Gasteiger partial charge in [-0.05, 0) is 25.0 Å². The largest absolute Gasteiger partial charge is 0.497 e. The molecular formula is C17H23N3O3. The quantitative estimate of drug-likeness (QED) is 0.719. The van der Waals surface area contributed by atoms with E-state index in [-0.39, 0.29) is 5.91 Å². The van der Waals surface area contributed by atoms with Gasteiger partial charge in [0.25, 0.3) is 0 Å². The number of rotatable bonds is 9. The van der Waals surface area contributed by atoms with Gasteiger partial charge in [-0.1, -0.05) is 30.6 Å². The van der Waals surface area contributed by atoms with Crippen LogP contribution >= 0.6 is 0 Å². The highest BCUT2D eigenvalue weighted by Gasteiger charge is 2.10. The van der Waals surface area contributed by atoms with E-state index in [4.69, 9.17) is 9.26 Å². The zero-order valence-electron chi connectivity index (χ0n) is 13.7. The molecule has 2 aromatic rings. The van der Waals surface area contributed by atoms with Gasteiger partial charge in [-0.2, -0.15) is 4.98 Å². The molecule has 0 saturated carbocycles. The van der Waals surface area contributed by atoms with Crippen LogP contribution in [-0.2, 0) is 11.2 Å². The van der Waals surface area contributed by atoms with Crippen LogP contribution in [0.4, 0.5) is 0 Å². The Morgan fingerprint density at radius 1 is 1.35 bits per heavy atom. The SMILES string of the molecule is CCCCNC(=O)CCCc1nc(-c2cccc(OC)c2)no1. The normalized spacial score (nSPS) is 10.5. The van der Waals surface area contributed by atoms with E-state index < -0.39 is 0 Å². The van der Waals surface area contributed by atoms with Crippen LogP contribution in [0.1, 0.15) is 38.5 Å². The van der Waals surface area contributed by atoms with Gasteiger partial charge in [-0.15, -0.1) is 0 Å². The molecule has 2 rings (SSSR count). The Balaban J connectivity index is 1.81. The third kappa shape index (κ3) is 5.39. The zero-order chi connectivity index (χ0) is 16.5. The monoisotopic (exact) mass is 317 g/mol. The van der Waals surface area contributed by atoms with Crippen LogP contribution in [0, 0.1) is 0 Å². The molecule has 1 aromatic heterocycles. The number of carbonyl (C=O) groups excluding carboxylic acids is 1. The molecule has 0 aliphatic carbocycles. The average Bonchev–Trinajstić information content (AvgIpc) is 3.04. The smallest absolute Gasteiger partial charge is 0.226 e. The van der Waals surface area contributed by atoms with Crippen molar-refractivity contribution in [3.63, 3.8) is 0 Å². The average molecular weight is 317 g/mol. The first kappa shape index (κ1) is 17.0. The first-order chi connectivity index (χ1) is 11.2. The molecule has 0 radical (unpaired) electrons. The zero-order valence-corrected chi connectivity index (χ0v) is 13.7. The van der Waals surface area contributed by atoms with Gasteiger partial charge in [-0.3, -0.25) is 4.79 Å². The Hall–Kier alpha value is -2.37. The summed E-state index contributed by atoms with van der Waals surface area (Å²) in [6, 6.07) is 7.50. The second-order valence-corrected chi connectivity index (χ2v) is 5.30. The van der Waals surface area contributed by atoms with E-state index in [2.05, 4.69) is 22.4 Å². The van der Waals surface area contributed by atoms with Gasteiger partial charge in [0.1, 0.15) is 5.75 Å². The van der Waals surface area contributed by atoms with E-state index in [0.717, 1.165) is 30.7 Å². The lowest BCUT2D eigenvalue weighted by Gasteiger charge is -2.02. The van der Waals surface area contributed by atoms with Gasteiger partial charge in [0.2, 0.25) is 17.6 Å². The molecule has 23 heavy (non-hydrogen) atoms. The molecule has 124 valence electrons. The van der Waals surface area contributed by atoms with Gasteiger partial charge >= 0.3 is 0 Å². The number of aryl methyl sites for hydroxylation is 1. The number of methoxy groups -OCH3 is 1. The van der Waals surface area contributed by atoms with E-state index >= 15 is 0 Å². The number of aromatic nitrogens is 2. The Bertz CT molecular complexity index is 625. The lowest BCUT2D eigenvalue weighted by Crippen LogP contribution is -2.23. The predicted molar refractivity (Wildman–Crippen MR) is 87.1 cm³/mol. The maximum absolute atomic E-state index is 11.6. The van der Waals surface area contributed by atoms with E-state index in [1.54, 1.807) is 7.11 Å². The van der Waals surface area contributed by atoms with E-state index in [9.17, 15) is 4.79 Å². The van der Waals surface area contributed by atoms with Crippen molar-refractivity contribution >= 4 is 5.91 Å². The molecule has 1 heterocycles. The Labute approximate surface area is 136 Å². The van der Waals surface area contributed by atoms with Crippen molar-refractivity contribution in [1.29, 1.82) is 0 Å². The summed E-state index contributed by atoms with van der Waals surface area (Å²) in [7, 11) is 1.62. The molecule has 6 heteroatoms. The predicted octanol–water partition coefficient (Wildman–Crippen LogP) is 2.98. The minimum absolute atomic E-state index is 0.0750. The van der Waals surface area contributed by atoms with Crippen molar-refractivity contribution in [1.82, 2.24) is 15.5 Å². The fraction of sp³-hybridized carbons (Fsp3) is 0.471. The number of nitrogens with one attached hydrogen (secondary N) is 1. The summed E-state index contributed by atoms with van der Waals surface area (Å²) in [5.74, 6) is 1.90. The number of nitrogens with zero attached hydrogens (tertiary/aromatic N) is 2. The molecule has 0 spiro atoms. The fourth-order valence-electron chi connectivity index (χ4n) is 2.13. The summed E-state index contributed by atoms with van der Waals surface area (Å²) in [5.41, 5.74) is 0.844. The van der Waals surface area contributed by atoms with E-state index in [1.807, 2.05) is 24.3 Å². The van der Waals surface area contributed by atoms with Crippen LogP contribution in [0.3, 0.4) is 0 Å². The summed E-state index contributed by atoms with van der Waals surface area (Å²) in [4.78, 5) is 16.0. The van der Waals surface area contributed by atoms with Crippen molar-refractivity contribution < 1.29 is 14.1 Å². The number of amides is 1. The number of hydrogen-bond acceptors (Lipinski definition) is 5. The molecule has 0 unspecified atom stereocenters. The van der Waals surface area contributed by atoms with Crippen LogP contribution in [0.2, 0.25) is 0 Å². The van der Waals surface area contributed by atoms with Crippen molar-refractivity contribution in [3.8, 4) is 17.1 Å². The minimum atomic E-state index is 0.0750. The summed E-state index contributed by atoms with van der Waals surface area (Å²) in [5, 5.41) is 6.87. The Morgan fingerprint density at radius 2 is 2.22 bits per heavy atom. The standard InChI is InChI=1S/C17H23N3O3/c1-3-4-11-18-15(21)9-6-10-16-19-17(20-23-16)13-7-5-8-14(12-13)22-2/h5,7-8,12H,3-4,6,9-11H2,1-2H3,(H,18,21). The second kappa shape index (κ2) is 8.92. The molecule has 1 aromatic carbocycles. The molecule has 0 fully saturated rings. The number of unbranched alkanes of at least 4 members (excludes halogenated alkanes) is 1. The number of hydrogen-bond donors (Lipinski definition) is 1. The molecule has 0 bridgehead atoms. The van der Waals surface area contributed by atoms with Gasteiger partial charge in [0.05, 0.1) is 7.11 Å². The van der Waals surface area contributed by atoms with Crippen LogP contribution in [0.5, 0.6) is 5.75 Å². The van der Waals surface area contributed by atoms with Gasteiger partial charge in [0.15, 0.2) is 0 Å². The third-order valence-corrected chi connectivity index (χ3v) is 3.44. The number of carbonyl (C=O) groups is 1. The van der Waals surface area contributed by atoms with Crippen LogP contribution in [0.25, 0.3) is 11.4 Å². The molecule has 0 aliphatic rings. The molecular weight excluding hydrogens is 294 g/mol. The van der Waals surface area contributed by atoms with E-state index in [1.165, 1.54) is 0 Å². The lowest BCUT2D eigenvalue weighted by molar-refractivity contribution is -0.121. The summed E-state index contributed by atoms with van der Waals surface area (Å²) < 4.78 is 10.4. The van der Waals surface area contributed by atoms with Crippen molar-refractivity contribution in [2.75, 3.05) is 13.7 Å². The lowest BCUT2D eigenvalue weighted by atomic mass is 10.2. The minimum Gasteiger partial charge on any atom is -0.497 e. The summed E-state index contributed by atoms with van der Waals surface area (Å²) >= 11 is 0. The van der Waals surface area contributed by atoms with Crippen LogP contribution < -0.4 is 10.1 Å². The molecule has 1 N–H and O–H groups in total. The van der Waals surface area contributed by atoms with Gasteiger partial charge in [-0.25, -0.2) is 0 Å². The van der Waals surface area contributed by atoms with Crippen LogP contribution in [-0.4, -0.2) is 29.7 Å². The topological polar surface area (TPSA) is 77.2 Å². The van der Waals surface area contributed by atoms with Crippen molar-refractivity contribution in [2.24, 2.45) is 0 Å². The van der Waals surface area contributed by atoms with E-state index in [0.29, 0.717) is 31.0 Å². The number of benzene rings is 1. The first-order valence-corrected chi connectivity index (χ1v) is 7.96. The highest BCUT2D eigenvalue weighted by molar-refractivity contribution is 5.75. The maximum atomic E-state index is 11.6. The van der Waals surface area contributed by atoms with Crippen molar-refractivity contribution in [3.05, 3.63) is 30.2 Å². The maximum Gasteiger partial charge on any atom is 0.226 e. The van der Waals surface area contributed by atoms with Gasteiger partial charge < -0.3 is 14.6 Å². The third-order valence-electron chi connectivity index (χ3n) is 3.44. The first-order valence-electron chi connectivity index (χ1n) is 7.96. The summed E-state index contributed by atoms with van der Waals surface area (Å²) in [6.07, 6.45) is 3.85. The molecule has 0 saturated heterocycles. The van der Waals surface area contributed by atoms with Crippen molar-refractivity contribution in [2.45, 2.75) is 39.0 Å². The fourth-order valence-corrected chi connectivity index (χ4v) is 2.13. The molecule has 6 nitrogen and oxygen atoms in total. The molecule has 0 atom stereocenters. The highest BCUT2D eigenvalue weighted by atomic mass is 16.5. The van der Waals surface area contributed by atoms with Crippen LogP contribution in [0.15, 0.2) is 28.8 Å². The molecule has 0 aliphatic heterocycles. The molecule has 1 amide bonds. The second-order valence-electron chi connectivity index (χ2n) is 5.30. The van der Waals surface area contributed by atoms with Gasteiger partial charge in [0, 0.05) is 24.9 Å².